The molecule has 4 heteroatoms. The molecule has 1 aromatic rings. The molecule has 0 aliphatic heterocycles. The van der Waals surface area contributed by atoms with E-state index in [2.05, 4.69) is 10.8 Å². The first-order valence-electron chi connectivity index (χ1n) is 3.10. The fourth-order valence-electron chi connectivity index (χ4n) is 0.737. The molecule has 1 rings (SSSR count). The first-order valence-corrected chi connectivity index (χ1v) is 3.86. The van der Waals surface area contributed by atoms with Crippen LogP contribution in [0.2, 0.25) is 10.0 Å². The molecule has 0 heterocycles. The molecule has 0 unspecified atom stereocenters. The van der Waals surface area contributed by atoms with Crippen molar-refractivity contribution in [1.82, 2.24) is 0 Å². The molecule has 0 saturated heterocycles. The van der Waals surface area contributed by atoms with Crippen molar-refractivity contribution in [1.29, 1.82) is 0 Å². The Morgan fingerprint density at radius 3 is 2.33 bits per heavy atom. The summed E-state index contributed by atoms with van der Waals surface area (Å²) in [5.41, 5.74) is 0.325. The summed E-state index contributed by atoms with van der Waals surface area (Å²) in [7, 11) is 1.29. The molecule has 0 spiro atoms. The van der Waals surface area contributed by atoms with E-state index in [1.54, 1.807) is 0 Å². The Bertz CT molecular complexity index is 290. The number of carbonyl (C=O) groups excluding carboxylic acids is 1. The molecule has 0 saturated carbocycles. The summed E-state index contributed by atoms with van der Waals surface area (Å²) in [5.74, 6) is -0.465. The minimum Gasteiger partial charge on any atom is -0.465 e. The maximum atomic E-state index is 11.0. The molecule has 1 radical (unpaired) electrons. The van der Waals surface area contributed by atoms with Gasteiger partial charge in [-0.1, -0.05) is 23.2 Å². The van der Waals surface area contributed by atoms with Crippen LogP contribution >= 0.6 is 23.2 Å². The van der Waals surface area contributed by atoms with Crippen LogP contribution in [0, 0.1) is 6.07 Å². The van der Waals surface area contributed by atoms with Crippen LogP contribution in [0.4, 0.5) is 0 Å². The minimum absolute atomic E-state index is 0.294. The van der Waals surface area contributed by atoms with Crippen LogP contribution in [-0.4, -0.2) is 13.1 Å². The highest BCUT2D eigenvalue weighted by atomic mass is 35.5. The van der Waals surface area contributed by atoms with Crippen molar-refractivity contribution in [2.24, 2.45) is 0 Å². The van der Waals surface area contributed by atoms with Gasteiger partial charge in [0.05, 0.1) is 22.7 Å². The largest absolute Gasteiger partial charge is 0.465 e. The second-order valence-electron chi connectivity index (χ2n) is 2.06. The Hall–Kier alpha value is -0.730. The standard InChI is InChI=1S/C8H5Cl2O2/c1-12-8(11)5-2-6(9)4-7(10)3-5/h2-3H,1H3. The van der Waals surface area contributed by atoms with Gasteiger partial charge in [0.15, 0.2) is 0 Å². The quantitative estimate of drug-likeness (QED) is 0.657. The molecule has 0 amide bonds. The molecule has 63 valence electrons. The average molecular weight is 204 g/mol. The Kier molecular flexibility index (Phi) is 2.95. The maximum Gasteiger partial charge on any atom is 0.337 e. The highest BCUT2D eigenvalue weighted by Crippen LogP contribution is 2.18. The van der Waals surface area contributed by atoms with Gasteiger partial charge in [-0.05, 0) is 12.1 Å². The zero-order chi connectivity index (χ0) is 9.14. The fourth-order valence-corrected chi connectivity index (χ4v) is 1.22. The third-order valence-corrected chi connectivity index (χ3v) is 1.63. The van der Waals surface area contributed by atoms with E-state index in [1.165, 1.54) is 19.2 Å². The van der Waals surface area contributed by atoms with Crippen molar-refractivity contribution in [3.05, 3.63) is 33.8 Å². The van der Waals surface area contributed by atoms with Crippen molar-refractivity contribution in [3.8, 4) is 0 Å². The molecule has 0 bridgehead atoms. The molecule has 0 atom stereocenters. The normalized spacial score (nSPS) is 9.58. The van der Waals surface area contributed by atoms with Crippen molar-refractivity contribution in [2.45, 2.75) is 0 Å². The molecular formula is C8H5Cl2O2. The van der Waals surface area contributed by atoms with Crippen molar-refractivity contribution < 1.29 is 9.53 Å². The van der Waals surface area contributed by atoms with Crippen LogP contribution in [0.15, 0.2) is 12.1 Å². The topological polar surface area (TPSA) is 26.3 Å². The highest BCUT2D eigenvalue weighted by Gasteiger charge is 2.06. The van der Waals surface area contributed by atoms with Gasteiger partial charge >= 0.3 is 5.97 Å². The lowest BCUT2D eigenvalue weighted by atomic mass is 10.2. The van der Waals surface area contributed by atoms with Crippen LogP contribution in [0.3, 0.4) is 0 Å². The number of methoxy groups -OCH3 is 1. The molecule has 0 aliphatic carbocycles. The lowest BCUT2D eigenvalue weighted by Gasteiger charge is -1.99. The maximum absolute atomic E-state index is 11.0. The predicted octanol–water partition coefficient (Wildman–Crippen LogP) is 2.58. The number of halogens is 2. The molecule has 0 aromatic heterocycles. The lowest BCUT2D eigenvalue weighted by Crippen LogP contribution is -2.00. The van der Waals surface area contributed by atoms with E-state index in [0.29, 0.717) is 15.6 Å². The molecule has 0 N–H and O–H groups in total. The van der Waals surface area contributed by atoms with Gasteiger partial charge in [0, 0.05) is 6.07 Å². The van der Waals surface area contributed by atoms with E-state index in [0.717, 1.165) is 0 Å². The monoisotopic (exact) mass is 203 g/mol. The summed E-state index contributed by atoms with van der Waals surface area (Å²) in [6.07, 6.45) is 0. The third-order valence-electron chi connectivity index (χ3n) is 1.22. The summed E-state index contributed by atoms with van der Waals surface area (Å²) in [6, 6.07) is 5.50. The van der Waals surface area contributed by atoms with E-state index in [4.69, 9.17) is 23.2 Å². The van der Waals surface area contributed by atoms with Gasteiger partial charge in [-0.15, -0.1) is 0 Å². The zero-order valence-electron chi connectivity index (χ0n) is 6.23. The average Bonchev–Trinajstić information content (AvgIpc) is 2.01. The molecule has 12 heavy (non-hydrogen) atoms. The first-order chi connectivity index (χ1) is 5.63. The van der Waals surface area contributed by atoms with Gasteiger partial charge in [-0.25, -0.2) is 4.79 Å². The molecule has 2 nitrogen and oxygen atoms in total. The van der Waals surface area contributed by atoms with E-state index in [-0.39, 0.29) is 0 Å². The Labute approximate surface area is 80.0 Å². The van der Waals surface area contributed by atoms with E-state index < -0.39 is 5.97 Å². The van der Waals surface area contributed by atoms with Crippen LogP contribution in [0.5, 0.6) is 0 Å². The smallest absolute Gasteiger partial charge is 0.337 e. The fraction of sp³-hybridized carbons (Fsp3) is 0.125. The number of hydrogen-bond acceptors (Lipinski definition) is 2. The van der Waals surface area contributed by atoms with Gasteiger partial charge in [0.25, 0.3) is 0 Å². The minimum atomic E-state index is -0.465. The number of carbonyl (C=O) groups is 1. The molecule has 0 fully saturated rings. The zero-order valence-corrected chi connectivity index (χ0v) is 7.74. The van der Waals surface area contributed by atoms with Crippen LogP contribution in [-0.2, 0) is 4.74 Å². The van der Waals surface area contributed by atoms with Crippen LogP contribution < -0.4 is 0 Å². The first kappa shape index (κ1) is 9.36. The number of rotatable bonds is 1. The van der Waals surface area contributed by atoms with Gasteiger partial charge in [-0.3, -0.25) is 0 Å². The van der Waals surface area contributed by atoms with E-state index in [1.807, 2.05) is 0 Å². The number of esters is 1. The van der Waals surface area contributed by atoms with Gasteiger partial charge in [0.2, 0.25) is 0 Å². The number of hydrogen-bond donors (Lipinski definition) is 0. The predicted molar refractivity (Wildman–Crippen MR) is 46.6 cm³/mol. The third kappa shape index (κ3) is 2.13. The Morgan fingerprint density at radius 1 is 1.42 bits per heavy atom. The highest BCUT2D eigenvalue weighted by molar-refractivity contribution is 6.34. The van der Waals surface area contributed by atoms with Crippen molar-refractivity contribution in [2.75, 3.05) is 7.11 Å². The van der Waals surface area contributed by atoms with Gasteiger partial charge in [-0.2, -0.15) is 0 Å². The second kappa shape index (κ2) is 3.78. The SMILES string of the molecule is COC(=O)c1cc(Cl)[c]c(Cl)c1. The number of benzene rings is 1. The van der Waals surface area contributed by atoms with E-state index in [9.17, 15) is 4.79 Å². The summed E-state index contributed by atoms with van der Waals surface area (Å²) in [6.45, 7) is 0. The summed E-state index contributed by atoms with van der Waals surface area (Å²) >= 11 is 11.2. The Balaban J connectivity index is 3.08. The Morgan fingerprint density at radius 2 is 1.92 bits per heavy atom. The van der Waals surface area contributed by atoms with Crippen molar-refractivity contribution >= 4 is 29.2 Å². The van der Waals surface area contributed by atoms with Crippen molar-refractivity contribution in [3.63, 3.8) is 0 Å². The van der Waals surface area contributed by atoms with Crippen LogP contribution in [0.1, 0.15) is 10.4 Å². The molecule has 1 aromatic carbocycles. The van der Waals surface area contributed by atoms with Crippen LogP contribution in [0.25, 0.3) is 0 Å². The summed E-state index contributed by atoms with van der Waals surface area (Å²) in [5, 5.41) is 0.589. The molecule has 0 aliphatic rings. The molecular weight excluding hydrogens is 199 g/mol. The summed E-state index contributed by atoms with van der Waals surface area (Å²) in [4.78, 5) is 11.0. The van der Waals surface area contributed by atoms with Gasteiger partial charge in [0.1, 0.15) is 0 Å². The lowest BCUT2D eigenvalue weighted by molar-refractivity contribution is 0.0600. The van der Waals surface area contributed by atoms with Gasteiger partial charge < -0.3 is 4.74 Å². The number of ether oxygens (including phenoxy) is 1. The summed E-state index contributed by atoms with van der Waals surface area (Å²) < 4.78 is 4.48. The second-order valence-corrected chi connectivity index (χ2v) is 2.87. The van der Waals surface area contributed by atoms with E-state index >= 15 is 0 Å².